The molecule has 0 amide bonds. The van der Waals surface area contributed by atoms with Gasteiger partial charge >= 0.3 is 0 Å². The highest BCUT2D eigenvalue weighted by Crippen LogP contribution is 2.34. The molecule has 0 saturated carbocycles. The molecule has 186 valence electrons. The van der Waals surface area contributed by atoms with Crippen molar-refractivity contribution in [2.75, 3.05) is 25.6 Å². The minimum Gasteiger partial charge on any atom is -0.508 e. The van der Waals surface area contributed by atoms with Gasteiger partial charge in [-0.15, -0.1) is 0 Å². The van der Waals surface area contributed by atoms with Crippen LogP contribution in [0.25, 0.3) is 22.2 Å². The van der Waals surface area contributed by atoms with E-state index < -0.39 is 10.1 Å². The third kappa shape index (κ3) is 6.56. The Morgan fingerprint density at radius 1 is 1.15 bits per heavy atom. The zero-order chi connectivity index (χ0) is 24.0. The first-order valence-electron chi connectivity index (χ1n) is 11.8. The molecule has 1 atom stereocenters. The summed E-state index contributed by atoms with van der Waals surface area (Å²) in [5.74, 6) is -0.0260. The molecule has 0 bridgehead atoms. The van der Waals surface area contributed by atoms with Crippen LogP contribution in [0.1, 0.15) is 51.2 Å². The smallest absolute Gasteiger partial charge is 0.264 e. The van der Waals surface area contributed by atoms with E-state index in [1.807, 2.05) is 21.6 Å². The summed E-state index contributed by atoms with van der Waals surface area (Å²) in [6.07, 6.45) is 9.49. The molecular weight excluding hydrogens is 460 g/mol. The van der Waals surface area contributed by atoms with Gasteiger partial charge in [-0.3, -0.25) is 9.23 Å². The van der Waals surface area contributed by atoms with Gasteiger partial charge in [-0.25, -0.2) is 4.68 Å². The van der Waals surface area contributed by atoms with Gasteiger partial charge in [0.25, 0.3) is 10.1 Å². The minimum absolute atomic E-state index is 0.0994. The Hall–Kier alpha value is -2.47. The van der Waals surface area contributed by atoms with Crippen molar-refractivity contribution in [3.05, 3.63) is 30.6 Å². The zero-order valence-corrected chi connectivity index (χ0v) is 20.0. The van der Waals surface area contributed by atoms with E-state index in [9.17, 15) is 13.5 Å². The average Bonchev–Trinajstić information content (AvgIpc) is 3.42. The van der Waals surface area contributed by atoms with Crippen LogP contribution in [0.3, 0.4) is 0 Å². The average molecular weight is 493 g/mol. The normalized spacial score (nSPS) is 16.9. The van der Waals surface area contributed by atoms with E-state index in [1.165, 1.54) is 0 Å². The van der Waals surface area contributed by atoms with Gasteiger partial charge < -0.3 is 14.6 Å². The first-order chi connectivity index (χ1) is 16.4. The van der Waals surface area contributed by atoms with Crippen LogP contribution < -0.4 is 0 Å². The van der Waals surface area contributed by atoms with Crippen LogP contribution in [0.2, 0.25) is 0 Å². The van der Waals surface area contributed by atoms with Gasteiger partial charge in [0.15, 0.2) is 6.23 Å². The van der Waals surface area contributed by atoms with Gasteiger partial charge in [0, 0.05) is 43.5 Å². The van der Waals surface area contributed by atoms with Gasteiger partial charge in [0.2, 0.25) is 0 Å². The standard InChI is InChI=1S/C23H32N4O6S/c28-19-8-9-21-20(15-19)23(25-27(21)22-7-1-3-13-33-22)18-16-24-26(17-18)10-2-4-11-32-12-5-6-14-34(29,30)31/h8-9,15-17,22,28H,1-7,10-14H2,(H,29,30,31). The fourth-order valence-corrected chi connectivity index (χ4v) is 4.72. The van der Waals surface area contributed by atoms with Crippen molar-refractivity contribution < 1.29 is 27.6 Å². The van der Waals surface area contributed by atoms with E-state index in [-0.39, 0.29) is 17.7 Å². The van der Waals surface area contributed by atoms with Crippen molar-refractivity contribution in [3.8, 4) is 17.0 Å². The zero-order valence-electron chi connectivity index (χ0n) is 19.2. The highest BCUT2D eigenvalue weighted by molar-refractivity contribution is 7.85. The van der Waals surface area contributed by atoms with E-state index >= 15 is 0 Å². The molecule has 0 spiro atoms. The summed E-state index contributed by atoms with van der Waals surface area (Å²) in [5, 5.41) is 20.3. The van der Waals surface area contributed by atoms with Crippen molar-refractivity contribution in [2.45, 2.75) is 57.7 Å². The molecule has 1 aromatic carbocycles. The first-order valence-corrected chi connectivity index (χ1v) is 13.4. The van der Waals surface area contributed by atoms with Crippen molar-refractivity contribution in [1.29, 1.82) is 0 Å². The molecule has 1 unspecified atom stereocenters. The summed E-state index contributed by atoms with van der Waals surface area (Å²) >= 11 is 0. The first kappa shape index (κ1) is 24.6. The number of aromatic nitrogens is 4. The summed E-state index contributed by atoms with van der Waals surface area (Å²) < 4.78 is 45.3. The number of aryl methyl sites for hydroxylation is 1. The second-order valence-corrected chi connectivity index (χ2v) is 10.2. The van der Waals surface area contributed by atoms with Crippen LogP contribution in [0.5, 0.6) is 5.75 Å². The molecule has 10 nitrogen and oxygen atoms in total. The molecule has 0 aliphatic carbocycles. The van der Waals surface area contributed by atoms with Crippen LogP contribution in [-0.2, 0) is 26.1 Å². The molecule has 2 aromatic heterocycles. The molecule has 11 heteroatoms. The fourth-order valence-electron chi connectivity index (χ4n) is 4.16. The van der Waals surface area contributed by atoms with E-state index in [1.54, 1.807) is 18.3 Å². The molecule has 1 saturated heterocycles. The molecule has 3 aromatic rings. The van der Waals surface area contributed by atoms with Crippen LogP contribution >= 0.6 is 0 Å². The molecule has 1 aliphatic rings. The Morgan fingerprint density at radius 2 is 1.97 bits per heavy atom. The number of rotatable bonds is 12. The quantitative estimate of drug-likeness (QED) is 0.289. The summed E-state index contributed by atoms with van der Waals surface area (Å²) in [6.45, 7) is 2.54. The van der Waals surface area contributed by atoms with Crippen LogP contribution in [0.4, 0.5) is 0 Å². The number of phenols is 1. The van der Waals surface area contributed by atoms with Crippen molar-refractivity contribution in [1.82, 2.24) is 19.6 Å². The minimum atomic E-state index is -3.88. The lowest BCUT2D eigenvalue weighted by molar-refractivity contribution is -0.0365. The summed E-state index contributed by atoms with van der Waals surface area (Å²) in [6, 6.07) is 5.29. The fraction of sp³-hybridized carbons (Fsp3) is 0.565. The third-order valence-electron chi connectivity index (χ3n) is 5.89. The molecule has 34 heavy (non-hydrogen) atoms. The lowest BCUT2D eigenvalue weighted by atomic mass is 10.1. The van der Waals surface area contributed by atoms with E-state index in [4.69, 9.17) is 19.1 Å². The van der Waals surface area contributed by atoms with E-state index in [0.29, 0.717) is 26.1 Å². The topological polar surface area (TPSA) is 129 Å². The number of phenolic OH excluding ortho intramolecular Hbond substituents is 1. The monoisotopic (exact) mass is 492 g/mol. The summed E-state index contributed by atoms with van der Waals surface area (Å²) in [5.41, 5.74) is 2.60. The predicted octanol–water partition coefficient (Wildman–Crippen LogP) is 3.77. The lowest BCUT2D eigenvalue weighted by Crippen LogP contribution is -2.19. The third-order valence-corrected chi connectivity index (χ3v) is 6.70. The van der Waals surface area contributed by atoms with Crippen molar-refractivity contribution >= 4 is 21.0 Å². The number of nitrogens with zero attached hydrogens (tertiary/aromatic N) is 4. The summed E-state index contributed by atoms with van der Waals surface area (Å²) in [7, 11) is -3.88. The molecule has 4 rings (SSSR count). The molecular formula is C23H32N4O6S. The molecule has 1 aliphatic heterocycles. The number of hydrogen-bond acceptors (Lipinski definition) is 7. The molecule has 1 fully saturated rings. The maximum atomic E-state index is 10.7. The highest BCUT2D eigenvalue weighted by Gasteiger charge is 2.22. The Bertz CT molecular complexity index is 1180. The maximum absolute atomic E-state index is 10.7. The van der Waals surface area contributed by atoms with Gasteiger partial charge in [-0.05, 0) is 63.1 Å². The SMILES string of the molecule is O=S(=O)(O)CCCCOCCCCn1cc(-c2nn(C3CCCCO3)c3ccc(O)cc23)cn1. The maximum Gasteiger partial charge on any atom is 0.264 e. The predicted molar refractivity (Wildman–Crippen MR) is 127 cm³/mol. The van der Waals surface area contributed by atoms with Crippen molar-refractivity contribution in [2.24, 2.45) is 0 Å². The molecule has 3 heterocycles. The number of unbranched alkanes of at least 4 members (excludes halogenated alkanes) is 2. The lowest BCUT2D eigenvalue weighted by Gasteiger charge is -2.23. The van der Waals surface area contributed by atoms with Crippen LogP contribution in [0, 0.1) is 0 Å². The number of ether oxygens (including phenoxy) is 2. The van der Waals surface area contributed by atoms with Crippen LogP contribution in [0.15, 0.2) is 30.6 Å². The summed E-state index contributed by atoms with van der Waals surface area (Å²) in [4.78, 5) is 0. The largest absolute Gasteiger partial charge is 0.508 e. The Labute approximate surface area is 199 Å². The van der Waals surface area contributed by atoms with Gasteiger partial charge in [0.1, 0.15) is 11.4 Å². The second kappa shape index (κ2) is 11.3. The molecule has 0 radical (unpaired) electrons. The number of aromatic hydroxyl groups is 1. The Balaban J connectivity index is 1.31. The molecule has 2 N–H and O–H groups in total. The van der Waals surface area contributed by atoms with Gasteiger partial charge in [-0.2, -0.15) is 18.6 Å². The van der Waals surface area contributed by atoms with E-state index in [2.05, 4.69) is 5.10 Å². The Kier molecular flexibility index (Phi) is 8.19. The number of benzene rings is 1. The second-order valence-electron chi connectivity index (χ2n) is 8.62. The van der Waals surface area contributed by atoms with E-state index in [0.717, 1.165) is 67.4 Å². The number of hydrogen-bond donors (Lipinski definition) is 2. The Morgan fingerprint density at radius 3 is 2.74 bits per heavy atom. The van der Waals surface area contributed by atoms with Gasteiger partial charge in [-0.1, -0.05) is 0 Å². The van der Waals surface area contributed by atoms with Gasteiger partial charge in [0.05, 0.1) is 17.5 Å². The number of fused-ring (bicyclic) bond motifs is 1. The highest BCUT2D eigenvalue weighted by atomic mass is 32.2. The van der Waals surface area contributed by atoms with Crippen LogP contribution in [-0.4, -0.2) is 63.2 Å². The van der Waals surface area contributed by atoms with Crippen molar-refractivity contribution in [3.63, 3.8) is 0 Å².